The molecule has 0 spiro atoms. The lowest BCUT2D eigenvalue weighted by molar-refractivity contribution is -0.123. The number of carbonyl (C=O) groups excluding carboxylic acids is 2. The molecule has 8 heteroatoms. The molecule has 1 aliphatic rings. The number of amides is 2. The first kappa shape index (κ1) is 20.4. The van der Waals surface area contributed by atoms with Gasteiger partial charge in [0.25, 0.3) is 11.1 Å². The summed E-state index contributed by atoms with van der Waals surface area (Å²) in [6.07, 6.45) is 1.64. The normalized spacial score (nSPS) is 15.4. The summed E-state index contributed by atoms with van der Waals surface area (Å²) in [5.74, 6) is 0.354. The van der Waals surface area contributed by atoms with Gasteiger partial charge in [0, 0.05) is 4.47 Å². The van der Waals surface area contributed by atoms with Gasteiger partial charge in [0.15, 0.2) is 11.5 Å². The van der Waals surface area contributed by atoms with Crippen LogP contribution in [0.25, 0.3) is 6.08 Å². The van der Waals surface area contributed by atoms with E-state index in [1.807, 2.05) is 6.92 Å². The van der Waals surface area contributed by atoms with Gasteiger partial charge < -0.3 is 9.47 Å². The van der Waals surface area contributed by atoms with Crippen molar-refractivity contribution in [3.05, 3.63) is 62.7 Å². The number of imide groups is 1. The Morgan fingerprint density at radius 1 is 1.18 bits per heavy atom. The summed E-state index contributed by atoms with van der Waals surface area (Å²) < 4.78 is 24.6. The van der Waals surface area contributed by atoms with Gasteiger partial charge in [0.2, 0.25) is 0 Å². The van der Waals surface area contributed by atoms with E-state index in [1.165, 1.54) is 12.1 Å². The lowest BCUT2D eigenvalue weighted by Gasteiger charge is -2.13. The van der Waals surface area contributed by atoms with Crippen molar-refractivity contribution in [1.29, 1.82) is 0 Å². The van der Waals surface area contributed by atoms with E-state index in [0.717, 1.165) is 16.7 Å². The van der Waals surface area contributed by atoms with Gasteiger partial charge in [-0.15, -0.1) is 0 Å². The summed E-state index contributed by atoms with van der Waals surface area (Å²) in [6.45, 7) is 2.42. The van der Waals surface area contributed by atoms with Gasteiger partial charge >= 0.3 is 0 Å². The molecule has 146 valence electrons. The second kappa shape index (κ2) is 8.79. The number of hydrogen-bond donors (Lipinski definition) is 0. The quantitative estimate of drug-likeness (QED) is 0.546. The zero-order valence-electron chi connectivity index (χ0n) is 15.2. The molecular weight excluding hydrogens is 449 g/mol. The van der Waals surface area contributed by atoms with Crippen molar-refractivity contribution < 1.29 is 23.5 Å². The molecule has 0 N–H and O–H groups in total. The number of carbonyl (C=O) groups is 2. The van der Waals surface area contributed by atoms with Gasteiger partial charge in [-0.3, -0.25) is 14.5 Å². The van der Waals surface area contributed by atoms with E-state index in [2.05, 4.69) is 15.9 Å². The molecule has 1 fully saturated rings. The molecule has 3 rings (SSSR count). The van der Waals surface area contributed by atoms with Crippen LogP contribution in [0.4, 0.5) is 9.18 Å². The number of nitrogens with zero attached hydrogens (tertiary/aromatic N) is 1. The minimum Gasteiger partial charge on any atom is -0.493 e. The summed E-state index contributed by atoms with van der Waals surface area (Å²) in [5.41, 5.74) is 1.37. The summed E-state index contributed by atoms with van der Waals surface area (Å²) in [6, 6.07) is 9.20. The van der Waals surface area contributed by atoms with Crippen LogP contribution in [0.5, 0.6) is 11.5 Å². The lowest BCUT2D eigenvalue weighted by Crippen LogP contribution is -2.27. The maximum Gasteiger partial charge on any atom is 0.293 e. The highest BCUT2D eigenvalue weighted by Crippen LogP contribution is 2.38. The fraction of sp³-hybridized carbons (Fsp3) is 0.200. The molecule has 0 saturated carbocycles. The molecule has 2 aromatic rings. The van der Waals surface area contributed by atoms with Crippen LogP contribution in [0.1, 0.15) is 18.1 Å². The summed E-state index contributed by atoms with van der Waals surface area (Å²) in [5, 5.41) is -0.366. The van der Waals surface area contributed by atoms with Crippen LogP contribution in [0, 0.1) is 5.82 Å². The van der Waals surface area contributed by atoms with E-state index < -0.39 is 0 Å². The Labute approximate surface area is 174 Å². The summed E-state index contributed by atoms with van der Waals surface area (Å²) >= 11 is 4.32. The van der Waals surface area contributed by atoms with Gasteiger partial charge in [-0.1, -0.05) is 28.1 Å². The van der Waals surface area contributed by atoms with Crippen LogP contribution in [0.3, 0.4) is 0 Å². The van der Waals surface area contributed by atoms with Crippen molar-refractivity contribution >= 4 is 44.9 Å². The third-order valence-corrected chi connectivity index (χ3v) is 5.59. The molecule has 0 unspecified atom stereocenters. The summed E-state index contributed by atoms with van der Waals surface area (Å²) in [4.78, 5) is 26.5. The molecule has 0 radical (unpaired) electrons. The van der Waals surface area contributed by atoms with Crippen molar-refractivity contribution in [3.8, 4) is 11.5 Å². The molecule has 1 aliphatic heterocycles. The van der Waals surface area contributed by atoms with Gasteiger partial charge in [0.05, 0.1) is 25.2 Å². The van der Waals surface area contributed by atoms with E-state index >= 15 is 0 Å². The highest BCUT2D eigenvalue weighted by Gasteiger charge is 2.35. The number of halogens is 2. The minimum absolute atomic E-state index is 0.0935. The molecule has 0 aliphatic carbocycles. The number of thioether (sulfide) groups is 1. The van der Waals surface area contributed by atoms with Crippen LogP contribution < -0.4 is 9.47 Å². The minimum atomic E-state index is -0.389. The van der Waals surface area contributed by atoms with Crippen LogP contribution in [0.15, 0.2) is 45.8 Å². The highest BCUT2D eigenvalue weighted by atomic mass is 79.9. The molecule has 2 amide bonds. The molecule has 0 bridgehead atoms. The van der Waals surface area contributed by atoms with Crippen molar-refractivity contribution in [2.45, 2.75) is 13.5 Å². The smallest absolute Gasteiger partial charge is 0.293 e. The molecular formula is C20H17BrFNO4S. The molecule has 28 heavy (non-hydrogen) atoms. The van der Waals surface area contributed by atoms with E-state index in [1.54, 1.807) is 37.5 Å². The van der Waals surface area contributed by atoms with Crippen molar-refractivity contribution in [1.82, 2.24) is 4.90 Å². The van der Waals surface area contributed by atoms with Gasteiger partial charge in [-0.05, 0) is 60.2 Å². The van der Waals surface area contributed by atoms with Gasteiger partial charge in [-0.25, -0.2) is 4.39 Å². The average molecular weight is 466 g/mol. The van der Waals surface area contributed by atoms with Crippen LogP contribution >= 0.6 is 27.7 Å². The molecule has 1 heterocycles. The highest BCUT2D eigenvalue weighted by molar-refractivity contribution is 9.10. The number of methoxy groups -OCH3 is 1. The Morgan fingerprint density at radius 3 is 2.54 bits per heavy atom. The number of benzene rings is 2. The number of hydrogen-bond acceptors (Lipinski definition) is 5. The Bertz CT molecular complexity index is 946. The van der Waals surface area contributed by atoms with E-state index in [0.29, 0.717) is 38.6 Å². The largest absolute Gasteiger partial charge is 0.493 e. The zero-order valence-corrected chi connectivity index (χ0v) is 17.6. The Hall–Kier alpha value is -2.32. The molecule has 0 atom stereocenters. The number of ether oxygens (including phenoxy) is 2. The van der Waals surface area contributed by atoms with Crippen LogP contribution in [-0.4, -0.2) is 29.8 Å². The molecule has 0 aromatic heterocycles. The van der Waals surface area contributed by atoms with Crippen LogP contribution in [-0.2, 0) is 11.3 Å². The molecule has 1 saturated heterocycles. The van der Waals surface area contributed by atoms with Gasteiger partial charge in [0.1, 0.15) is 5.82 Å². The second-order valence-corrected chi connectivity index (χ2v) is 7.70. The zero-order chi connectivity index (χ0) is 20.3. The second-order valence-electron chi connectivity index (χ2n) is 5.85. The SMILES string of the molecule is CCOc1cc(/C=C2\SC(=O)N(Cc3ccc(F)cc3)C2=O)c(Br)cc1OC. The van der Waals surface area contributed by atoms with E-state index in [9.17, 15) is 14.0 Å². The topological polar surface area (TPSA) is 55.8 Å². The Kier molecular flexibility index (Phi) is 6.41. The monoisotopic (exact) mass is 465 g/mol. The predicted molar refractivity (Wildman–Crippen MR) is 110 cm³/mol. The van der Waals surface area contributed by atoms with Crippen molar-refractivity contribution in [2.75, 3.05) is 13.7 Å². The standard InChI is InChI=1S/C20H17BrFNO4S/c1-3-27-17-8-13(15(21)10-16(17)26-2)9-18-19(24)23(20(25)28-18)11-12-4-6-14(22)7-5-12/h4-10H,3,11H2,1-2H3/b18-9-. The predicted octanol–water partition coefficient (Wildman–Crippen LogP) is 5.23. The van der Waals surface area contributed by atoms with Crippen LogP contribution in [0.2, 0.25) is 0 Å². The lowest BCUT2D eigenvalue weighted by atomic mass is 10.1. The average Bonchev–Trinajstić information content (AvgIpc) is 2.93. The Morgan fingerprint density at radius 2 is 1.89 bits per heavy atom. The fourth-order valence-electron chi connectivity index (χ4n) is 2.64. The third-order valence-electron chi connectivity index (χ3n) is 4.00. The molecule has 2 aromatic carbocycles. The maximum atomic E-state index is 13.1. The Balaban J connectivity index is 1.87. The summed E-state index contributed by atoms with van der Waals surface area (Å²) in [7, 11) is 1.55. The van der Waals surface area contributed by atoms with E-state index in [-0.39, 0.29) is 23.5 Å². The van der Waals surface area contributed by atoms with Crippen molar-refractivity contribution in [3.63, 3.8) is 0 Å². The first-order valence-electron chi connectivity index (χ1n) is 8.43. The van der Waals surface area contributed by atoms with Crippen molar-refractivity contribution in [2.24, 2.45) is 0 Å². The fourth-order valence-corrected chi connectivity index (χ4v) is 3.91. The first-order valence-corrected chi connectivity index (χ1v) is 10.0. The van der Waals surface area contributed by atoms with Gasteiger partial charge in [-0.2, -0.15) is 0 Å². The van der Waals surface area contributed by atoms with E-state index in [4.69, 9.17) is 9.47 Å². The third kappa shape index (κ3) is 4.39. The molecule has 5 nitrogen and oxygen atoms in total. The first-order chi connectivity index (χ1) is 13.4. The maximum absolute atomic E-state index is 13.1. The number of rotatable bonds is 6.